The minimum absolute atomic E-state index is 0.550. The molecule has 0 nitrogen and oxygen atoms in total. The molecule has 4 aliphatic carbocycles. The van der Waals surface area contributed by atoms with Gasteiger partial charge in [-0.3, -0.25) is 0 Å². The molecular weight excluding hydrogens is 320 g/mol. The lowest BCUT2D eigenvalue weighted by molar-refractivity contribution is -0.0571. The van der Waals surface area contributed by atoms with Crippen LogP contribution in [0, 0.1) is 37.0 Å². The third-order valence-corrected chi connectivity index (χ3v) is 7.37. The maximum Gasteiger partial charge on any atom is 0.0403 e. The molecule has 0 spiro atoms. The van der Waals surface area contributed by atoms with Crippen molar-refractivity contribution in [2.24, 2.45) is 23.2 Å². The van der Waals surface area contributed by atoms with Crippen molar-refractivity contribution in [2.45, 2.75) is 63.6 Å². The first-order chi connectivity index (χ1) is 10.0. The van der Waals surface area contributed by atoms with Gasteiger partial charge in [0.25, 0.3) is 0 Å². The third kappa shape index (κ3) is 2.60. The second kappa shape index (κ2) is 5.11. The van der Waals surface area contributed by atoms with Gasteiger partial charge in [0.2, 0.25) is 0 Å². The van der Waals surface area contributed by atoms with Gasteiger partial charge in [-0.1, -0.05) is 39.7 Å². The Balaban J connectivity index is 1.56. The largest absolute Gasteiger partial charge is 0.0838 e. The summed E-state index contributed by atoms with van der Waals surface area (Å²) in [5.41, 5.74) is 5.04. The fourth-order valence-electron chi connectivity index (χ4n) is 6.13. The van der Waals surface area contributed by atoms with Crippen molar-refractivity contribution < 1.29 is 0 Å². The molecule has 1 heteroatoms. The van der Waals surface area contributed by atoms with Gasteiger partial charge in [-0.15, -0.1) is 0 Å². The predicted octanol–water partition coefficient (Wildman–Crippen LogP) is 6.35. The minimum Gasteiger partial charge on any atom is -0.0838 e. The maximum absolute atomic E-state index is 4.06. The van der Waals surface area contributed by atoms with Crippen molar-refractivity contribution in [1.82, 2.24) is 0 Å². The molecule has 4 bridgehead atoms. The zero-order valence-corrected chi connectivity index (χ0v) is 15.0. The van der Waals surface area contributed by atoms with Gasteiger partial charge in [0.1, 0.15) is 0 Å². The van der Waals surface area contributed by atoms with Gasteiger partial charge in [0, 0.05) is 4.83 Å². The molecule has 114 valence electrons. The molecule has 21 heavy (non-hydrogen) atoms. The highest BCUT2D eigenvalue weighted by Crippen LogP contribution is 2.63. The third-order valence-electron chi connectivity index (χ3n) is 6.55. The standard InChI is InChI=1S/C20H27Br/c1-13-3-4-14(2)18(5-13)19(21)12-20-9-15-6-16(10-20)8-17(7-15)11-20/h3-5,15-17,19H,6-12H2,1-2H3. The highest BCUT2D eigenvalue weighted by Gasteiger charge is 2.51. The number of benzene rings is 1. The molecule has 0 saturated heterocycles. The van der Waals surface area contributed by atoms with Gasteiger partial charge >= 0.3 is 0 Å². The summed E-state index contributed by atoms with van der Waals surface area (Å²) in [4.78, 5) is 0.550. The van der Waals surface area contributed by atoms with Crippen LogP contribution in [-0.4, -0.2) is 0 Å². The van der Waals surface area contributed by atoms with Crippen LogP contribution in [0.4, 0.5) is 0 Å². The molecular formula is C20H27Br. The Morgan fingerprint density at radius 1 is 1.05 bits per heavy atom. The van der Waals surface area contributed by atoms with E-state index in [9.17, 15) is 0 Å². The lowest BCUT2D eigenvalue weighted by Gasteiger charge is -2.57. The molecule has 4 fully saturated rings. The van der Waals surface area contributed by atoms with Crippen molar-refractivity contribution in [2.75, 3.05) is 0 Å². The van der Waals surface area contributed by atoms with Gasteiger partial charge in [0.15, 0.2) is 0 Å². The molecule has 0 heterocycles. The van der Waals surface area contributed by atoms with Gasteiger partial charge in [-0.05, 0) is 93.1 Å². The second-order valence-electron chi connectivity index (χ2n) is 8.45. The molecule has 1 atom stereocenters. The van der Waals surface area contributed by atoms with Crippen LogP contribution in [0.1, 0.15) is 66.5 Å². The van der Waals surface area contributed by atoms with E-state index >= 15 is 0 Å². The van der Waals surface area contributed by atoms with Crippen molar-refractivity contribution >= 4 is 15.9 Å². The number of aryl methyl sites for hydroxylation is 2. The molecule has 0 amide bonds. The van der Waals surface area contributed by atoms with Crippen molar-refractivity contribution in [1.29, 1.82) is 0 Å². The maximum atomic E-state index is 4.06. The molecule has 0 N–H and O–H groups in total. The van der Waals surface area contributed by atoms with Crippen LogP contribution in [0.2, 0.25) is 0 Å². The average Bonchev–Trinajstić information content (AvgIpc) is 2.39. The van der Waals surface area contributed by atoms with Crippen LogP contribution in [0.25, 0.3) is 0 Å². The van der Waals surface area contributed by atoms with Crippen LogP contribution in [0.3, 0.4) is 0 Å². The van der Waals surface area contributed by atoms with Gasteiger partial charge < -0.3 is 0 Å². The van der Waals surface area contributed by atoms with Crippen molar-refractivity contribution in [3.8, 4) is 0 Å². The molecule has 1 unspecified atom stereocenters. The summed E-state index contributed by atoms with van der Waals surface area (Å²) in [5, 5.41) is 0. The summed E-state index contributed by atoms with van der Waals surface area (Å²) in [6.07, 6.45) is 10.6. The van der Waals surface area contributed by atoms with Crippen LogP contribution in [0.5, 0.6) is 0 Å². The van der Waals surface area contributed by atoms with E-state index < -0.39 is 0 Å². The van der Waals surface area contributed by atoms with Gasteiger partial charge in [-0.25, -0.2) is 0 Å². The van der Waals surface area contributed by atoms with E-state index in [4.69, 9.17) is 0 Å². The van der Waals surface area contributed by atoms with Crippen LogP contribution in [0.15, 0.2) is 18.2 Å². The number of hydrogen-bond acceptors (Lipinski definition) is 0. The van der Waals surface area contributed by atoms with Crippen LogP contribution < -0.4 is 0 Å². The summed E-state index contributed by atoms with van der Waals surface area (Å²) >= 11 is 4.06. The van der Waals surface area contributed by atoms with E-state index in [1.54, 1.807) is 19.3 Å². The summed E-state index contributed by atoms with van der Waals surface area (Å²) < 4.78 is 0. The SMILES string of the molecule is Cc1ccc(C)c(C(Br)CC23CC4CC(CC(C4)C2)C3)c1. The van der Waals surface area contributed by atoms with Gasteiger partial charge in [-0.2, -0.15) is 0 Å². The summed E-state index contributed by atoms with van der Waals surface area (Å²) in [6.45, 7) is 4.48. The van der Waals surface area contributed by atoms with E-state index in [0.29, 0.717) is 10.2 Å². The molecule has 1 aromatic carbocycles. The second-order valence-corrected chi connectivity index (χ2v) is 9.55. The van der Waals surface area contributed by atoms with E-state index in [0.717, 1.165) is 17.8 Å². The molecule has 0 aliphatic heterocycles. The first-order valence-corrected chi connectivity index (χ1v) is 9.66. The topological polar surface area (TPSA) is 0 Å². The van der Waals surface area contributed by atoms with E-state index in [-0.39, 0.29) is 0 Å². The molecule has 5 rings (SSSR count). The first-order valence-electron chi connectivity index (χ1n) is 8.74. The Morgan fingerprint density at radius 2 is 1.62 bits per heavy atom. The Kier molecular flexibility index (Phi) is 3.48. The Morgan fingerprint density at radius 3 is 2.19 bits per heavy atom. The first kappa shape index (κ1) is 14.3. The normalized spacial score (nSPS) is 38.7. The number of alkyl halides is 1. The smallest absolute Gasteiger partial charge is 0.0403 e. The van der Waals surface area contributed by atoms with Gasteiger partial charge in [0.05, 0.1) is 0 Å². The Bertz CT molecular complexity index is 509. The molecule has 0 radical (unpaired) electrons. The minimum atomic E-state index is 0.550. The van der Waals surface area contributed by atoms with E-state index in [1.165, 1.54) is 42.4 Å². The average molecular weight is 347 g/mol. The molecule has 4 aliphatic rings. The Labute approximate surface area is 137 Å². The highest BCUT2D eigenvalue weighted by molar-refractivity contribution is 9.09. The highest BCUT2D eigenvalue weighted by atomic mass is 79.9. The molecule has 1 aromatic rings. The van der Waals surface area contributed by atoms with Crippen molar-refractivity contribution in [3.05, 3.63) is 34.9 Å². The molecule has 4 saturated carbocycles. The monoisotopic (exact) mass is 346 g/mol. The Hall–Kier alpha value is -0.300. The van der Waals surface area contributed by atoms with Crippen molar-refractivity contribution in [3.63, 3.8) is 0 Å². The van der Waals surface area contributed by atoms with E-state index in [2.05, 4.69) is 48.0 Å². The fourth-order valence-corrected chi connectivity index (χ4v) is 7.31. The zero-order valence-electron chi connectivity index (χ0n) is 13.4. The van der Waals surface area contributed by atoms with Crippen LogP contribution >= 0.6 is 15.9 Å². The quantitative estimate of drug-likeness (QED) is 0.559. The lowest BCUT2D eigenvalue weighted by atomic mass is 9.48. The summed E-state index contributed by atoms with van der Waals surface area (Å²) in [7, 11) is 0. The predicted molar refractivity (Wildman–Crippen MR) is 92.8 cm³/mol. The van der Waals surface area contributed by atoms with Crippen LogP contribution in [-0.2, 0) is 0 Å². The van der Waals surface area contributed by atoms with E-state index in [1.807, 2.05) is 0 Å². The number of halogens is 1. The summed E-state index contributed by atoms with van der Waals surface area (Å²) in [5.74, 6) is 3.19. The fraction of sp³-hybridized carbons (Fsp3) is 0.700. The molecule has 0 aromatic heterocycles. The number of hydrogen-bond donors (Lipinski definition) is 0. The zero-order chi connectivity index (χ0) is 14.6. The number of rotatable bonds is 3. The summed E-state index contributed by atoms with van der Waals surface area (Å²) in [6, 6.07) is 6.93. The lowest BCUT2D eigenvalue weighted by Crippen LogP contribution is -2.46.